The van der Waals surface area contributed by atoms with E-state index in [0.717, 1.165) is 43.8 Å². The van der Waals surface area contributed by atoms with Gasteiger partial charge in [-0.25, -0.2) is 9.29 Å². The van der Waals surface area contributed by atoms with Crippen molar-refractivity contribution in [2.45, 2.75) is 23.4 Å². The molecule has 2 N–H and O–H groups in total. The second kappa shape index (κ2) is 10.5. The number of nitriles is 1. The summed E-state index contributed by atoms with van der Waals surface area (Å²) in [5.41, 5.74) is 9.90. The van der Waals surface area contributed by atoms with E-state index in [-0.39, 0.29) is 5.91 Å². The Balaban J connectivity index is 1.32. The number of rotatable bonds is 10. The molecule has 0 spiro atoms. The molecule has 198 valence electrons. The average Bonchev–Trinajstić information content (AvgIpc) is 3.51. The molecule has 0 saturated carbocycles. The molecular weight excluding hydrogens is 518 g/mol. The van der Waals surface area contributed by atoms with Gasteiger partial charge in [-0.15, -0.1) is 0 Å². The summed E-state index contributed by atoms with van der Waals surface area (Å²) in [4.78, 5) is 18.7. The normalized spacial score (nSPS) is 15.5. The number of primary amides is 1. The van der Waals surface area contributed by atoms with Crippen LogP contribution in [-0.2, 0) is 23.3 Å². The van der Waals surface area contributed by atoms with E-state index < -0.39 is 5.54 Å². The number of amides is 1. The van der Waals surface area contributed by atoms with Crippen LogP contribution >= 0.6 is 11.9 Å². The van der Waals surface area contributed by atoms with Crippen LogP contribution < -0.4 is 10.5 Å². The molecule has 0 saturated heterocycles. The first-order chi connectivity index (χ1) is 19.5. The van der Waals surface area contributed by atoms with Gasteiger partial charge in [0.15, 0.2) is 5.54 Å². The molecular formula is C32H27N5O2S. The standard InChI is InChI=1S/C32H27N5O2S/c1-39-26-11-13-27(14-12-26)40-37(32(31(34)38)29-15-10-24-4-2-3-5-28(24)30(29)32)17-16-25-19-35-21-36(25)20-23-8-6-22(18-33)7-9-23/h2-15,19,21H,16-17,20H2,1H3,(H2,34,38). The largest absolute Gasteiger partial charge is 0.497 e. The predicted molar refractivity (Wildman–Crippen MR) is 156 cm³/mol. The van der Waals surface area contributed by atoms with Gasteiger partial charge in [-0.1, -0.05) is 48.5 Å². The molecule has 4 aromatic carbocycles. The van der Waals surface area contributed by atoms with E-state index in [1.807, 2.05) is 79.3 Å². The summed E-state index contributed by atoms with van der Waals surface area (Å²) in [6, 6.07) is 29.7. The molecule has 0 aliphatic heterocycles. The summed E-state index contributed by atoms with van der Waals surface area (Å²) in [5.74, 6) is 0.388. The van der Waals surface area contributed by atoms with E-state index in [1.54, 1.807) is 7.11 Å². The van der Waals surface area contributed by atoms with Crippen molar-refractivity contribution in [1.82, 2.24) is 13.9 Å². The number of hydrogen-bond donors (Lipinski definition) is 1. The number of hydrogen-bond acceptors (Lipinski definition) is 6. The maximum absolute atomic E-state index is 13.3. The fourth-order valence-electron chi connectivity index (χ4n) is 5.36. The number of carbonyl (C=O) groups is 1. The lowest BCUT2D eigenvalue weighted by molar-refractivity contribution is -0.123. The van der Waals surface area contributed by atoms with Crippen molar-refractivity contribution in [3.05, 3.63) is 125 Å². The zero-order chi connectivity index (χ0) is 27.7. The van der Waals surface area contributed by atoms with E-state index in [4.69, 9.17) is 15.7 Å². The minimum absolute atomic E-state index is 0.383. The third kappa shape index (κ3) is 4.49. The molecule has 1 aromatic heterocycles. The first kappa shape index (κ1) is 25.7. The van der Waals surface area contributed by atoms with E-state index >= 15 is 0 Å². The van der Waals surface area contributed by atoms with Gasteiger partial charge in [-0.2, -0.15) is 5.26 Å². The Kier molecular flexibility index (Phi) is 6.76. The second-order valence-corrected chi connectivity index (χ2v) is 10.8. The fourth-order valence-corrected chi connectivity index (χ4v) is 6.47. The SMILES string of the molecule is COc1ccc(SN(CCc2cncn2Cc2ccc(C#N)cc2)C2(C(N)=O)c3ccc4ccccc4c32)cc1. The van der Waals surface area contributed by atoms with E-state index in [1.165, 1.54) is 11.9 Å². The van der Waals surface area contributed by atoms with Crippen LogP contribution in [0.2, 0.25) is 0 Å². The molecule has 0 bridgehead atoms. The molecule has 40 heavy (non-hydrogen) atoms. The van der Waals surface area contributed by atoms with Gasteiger partial charge in [0.25, 0.3) is 0 Å². The van der Waals surface area contributed by atoms with E-state index in [9.17, 15) is 4.79 Å². The third-order valence-electron chi connectivity index (χ3n) is 7.43. The quantitative estimate of drug-likeness (QED) is 0.241. The molecule has 8 heteroatoms. The number of nitrogens with zero attached hydrogens (tertiary/aromatic N) is 4. The van der Waals surface area contributed by atoms with Crippen LogP contribution in [-0.4, -0.2) is 33.4 Å². The number of carbonyl (C=O) groups excluding carboxylic acids is 1. The number of benzene rings is 4. The first-order valence-electron chi connectivity index (χ1n) is 12.9. The van der Waals surface area contributed by atoms with Gasteiger partial charge in [0.2, 0.25) is 5.91 Å². The predicted octanol–water partition coefficient (Wildman–Crippen LogP) is 5.26. The van der Waals surface area contributed by atoms with Gasteiger partial charge in [0, 0.05) is 41.9 Å². The van der Waals surface area contributed by atoms with Crippen molar-refractivity contribution in [1.29, 1.82) is 5.26 Å². The van der Waals surface area contributed by atoms with Crippen LogP contribution in [0, 0.1) is 11.3 Å². The number of aromatic nitrogens is 2. The molecule has 0 fully saturated rings. The van der Waals surface area contributed by atoms with Gasteiger partial charge in [-0.05, 0) is 70.2 Å². The molecule has 7 nitrogen and oxygen atoms in total. The molecule has 0 radical (unpaired) electrons. The van der Waals surface area contributed by atoms with E-state index in [2.05, 4.69) is 38.1 Å². The minimum Gasteiger partial charge on any atom is -0.497 e. The number of nitrogens with two attached hydrogens (primary N) is 1. The third-order valence-corrected chi connectivity index (χ3v) is 8.59. The van der Waals surface area contributed by atoms with Crippen molar-refractivity contribution in [2.24, 2.45) is 5.73 Å². The highest BCUT2D eigenvalue weighted by Crippen LogP contribution is 2.58. The van der Waals surface area contributed by atoms with Crippen LogP contribution in [0.25, 0.3) is 10.8 Å². The lowest BCUT2D eigenvalue weighted by Crippen LogP contribution is -2.43. The summed E-state index contributed by atoms with van der Waals surface area (Å²) < 4.78 is 9.56. The van der Waals surface area contributed by atoms with Crippen molar-refractivity contribution >= 4 is 28.6 Å². The van der Waals surface area contributed by atoms with Crippen molar-refractivity contribution < 1.29 is 9.53 Å². The zero-order valence-corrected chi connectivity index (χ0v) is 22.8. The molecule has 1 aliphatic rings. The molecule has 1 atom stereocenters. The highest BCUT2D eigenvalue weighted by Gasteiger charge is 2.61. The van der Waals surface area contributed by atoms with Gasteiger partial charge >= 0.3 is 0 Å². The number of fused-ring (bicyclic) bond motifs is 3. The average molecular weight is 546 g/mol. The van der Waals surface area contributed by atoms with Gasteiger partial charge < -0.3 is 15.0 Å². The van der Waals surface area contributed by atoms with Crippen LogP contribution in [0.5, 0.6) is 5.75 Å². The maximum Gasteiger partial charge on any atom is 0.248 e. The Bertz CT molecular complexity index is 1740. The van der Waals surface area contributed by atoms with Crippen LogP contribution in [0.3, 0.4) is 0 Å². The Labute approximate surface area is 236 Å². The smallest absolute Gasteiger partial charge is 0.248 e. The lowest BCUT2D eigenvalue weighted by Gasteiger charge is -2.29. The Morgan fingerprint density at radius 3 is 2.58 bits per heavy atom. The van der Waals surface area contributed by atoms with Gasteiger partial charge in [0.05, 0.1) is 25.1 Å². The zero-order valence-electron chi connectivity index (χ0n) is 21.9. The highest BCUT2D eigenvalue weighted by atomic mass is 32.2. The Hall–Kier alpha value is -4.58. The molecule has 6 rings (SSSR count). The number of methoxy groups -OCH3 is 1. The molecule has 1 heterocycles. The van der Waals surface area contributed by atoms with Crippen molar-refractivity contribution in [2.75, 3.05) is 13.7 Å². The molecule has 1 unspecified atom stereocenters. The fraction of sp³-hybridized carbons (Fsp3) is 0.156. The van der Waals surface area contributed by atoms with E-state index in [0.29, 0.717) is 25.1 Å². The summed E-state index contributed by atoms with van der Waals surface area (Å²) in [6.45, 7) is 1.19. The summed E-state index contributed by atoms with van der Waals surface area (Å²) in [5, 5.41) is 11.2. The molecule has 1 amide bonds. The molecule has 1 aliphatic carbocycles. The summed E-state index contributed by atoms with van der Waals surface area (Å²) in [7, 11) is 1.64. The lowest BCUT2D eigenvalue weighted by atomic mass is 10.1. The maximum atomic E-state index is 13.3. The summed E-state index contributed by atoms with van der Waals surface area (Å²) >= 11 is 1.52. The second-order valence-electron chi connectivity index (χ2n) is 9.72. The Morgan fingerprint density at radius 1 is 1.07 bits per heavy atom. The van der Waals surface area contributed by atoms with Crippen molar-refractivity contribution in [3.63, 3.8) is 0 Å². The minimum atomic E-state index is -1.01. The highest BCUT2D eigenvalue weighted by molar-refractivity contribution is 7.97. The van der Waals surface area contributed by atoms with Gasteiger partial charge in [-0.3, -0.25) is 4.79 Å². The number of imidazole rings is 1. The van der Waals surface area contributed by atoms with Crippen LogP contribution in [0.15, 0.2) is 102 Å². The first-order valence-corrected chi connectivity index (χ1v) is 13.7. The van der Waals surface area contributed by atoms with Gasteiger partial charge in [0.1, 0.15) is 5.75 Å². The topological polar surface area (TPSA) is 97.2 Å². The van der Waals surface area contributed by atoms with Crippen molar-refractivity contribution in [3.8, 4) is 11.8 Å². The molecule has 5 aromatic rings. The Morgan fingerprint density at radius 2 is 1.85 bits per heavy atom. The monoisotopic (exact) mass is 545 g/mol. The van der Waals surface area contributed by atoms with Crippen LogP contribution in [0.1, 0.15) is 27.9 Å². The number of ether oxygens (including phenoxy) is 1. The summed E-state index contributed by atoms with van der Waals surface area (Å²) in [6.07, 6.45) is 4.34. The van der Waals surface area contributed by atoms with Crippen LogP contribution in [0.4, 0.5) is 0 Å².